The Hall–Kier alpha value is -3.72. The van der Waals surface area contributed by atoms with Gasteiger partial charge in [-0.05, 0) is 31.0 Å². The molecule has 6 rings (SSSR count). The maximum atomic E-state index is 12.7. The number of nitrogens with zero attached hydrogens (tertiary/aromatic N) is 4. The highest BCUT2D eigenvalue weighted by Gasteiger charge is 2.24. The molecule has 0 unspecified atom stereocenters. The first kappa shape index (κ1) is 21.8. The number of Topliss-reactive ketones (excluding diaryl/α,β-unsaturated/α-hetero) is 1. The van der Waals surface area contributed by atoms with E-state index in [4.69, 9.17) is 9.40 Å². The van der Waals surface area contributed by atoms with Crippen molar-refractivity contribution in [2.45, 2.75) is 38.6 Å². The number of hydrogen-bond acceptors (Lipinski definition) is 8. The Morgan fingerprint density at radius 1 is 1.14 bits per heavy atom. The van der Waals surface area contributed by atoms with Crippen LogP contribution in [-0.2, 0) is 0 Å². The van der Waals surface area contributed by atoms with Crippen LogP contribution in [0.25, 0.3) is 22.0 Å². The summed E-state index contributed by atoms with van der Waals surface area (Å²) in [5.74, 6) is 1.06. The number of aromatic nitrogens is 3. The summed E-state index contributed by atoms with van der Waals surface area (Å²) in [5, 5.41) is 7.96. The molecule has 1 aromatic carbocycles. The summed E-state index contributed by atoms with van der Waals surface area (Å²) in [6.07, 6.45) is 6.18. The Morgan fingerprint density at radius 2 is 1.94 bits per heavy atom. The van der Waals surface area contributed by atoms with Gasteiger partial charge < -0.3 is 24.5 Å². The average Bonchev–Trinajstić information content (AvgIpc) is 3.52. The van der Waals surface area contributed by atoms with Crippen molar-refractivity contribution in [3.05, 3.63) is 52.4 Å². The van der Waals surface area contributed by atoms with Crippen LogP contribution in [0.2, 0.25) is 0 Å². The molecule has 9 heteroatoms. The molecule has 4 heterocycles. The zero-order chi connectivity index (χ0) is 23.9. The first-order valence-corrected chi connectivity index (χ1v) is 12.3. The van der Waals surface area contributed by atoms with Crippen molar-refractivity contribution >= 4 is 45.3 Å². The minimum atomic E-state index is -0.0600. The number of rotatable bonds is 5. The van der Waals surface area contributed by atoms with Crippen molar-refractivity contribution in [1.29, 1.82) is 0 Å². The van der Waals surface area contributed by atoms with Gasteiger partial charge in [0.05, 0.1) is 11.1 Å². The van der Waals surface area contributed by atoms with E-state index in [0.717, 1.165) is 68.6 Å². The fourth-order valence-electron chi connectivity index (χ4n) is 5.26. The predicted octanol–water partition coefficient (Wildman–Crippen LogP) is 4.01. The number of ketones is 1. The predicted molar refractivity (Wildman–Crippen MR) is 136 cm³/mol. The normalized spacial score (nSPS) is 16.9. The lowest BCUT2D eigenvalue weighted by molar-refractivity contribution is 0.100. The zero-order valence-electron chi connectivity index (χ0n) is 19.7. The second kappa shape index (κ2) is 8.81. The molecule has 180 valence electrons. The quantitative estimate of drug-likeness (QED) is 0.420. The first-order valence-electron chi connectivity index (χ1n) is 12.3. The van der Waals surface area contributed by atoms with Crippen molar-refractivity contribution in [3.63, 3.8) is 0 Å². The zero-order valence-corrected chi connectivity index (χ0v) is 19.7. The summed E-state index contributed by atoms with van der Waals surface area (Å²) < 4.78 is 8.22. The third kappa shape index (κ3) is 4.05. The Labute approximate surface area is 202 Å². The van der Waals surface area contributed by atoms with Gasteiger partial charge in [-0.15, -0.1) is 0 Å². The van der Waals surface area contributed by atoms with Crippen LogP contribution in [0.4, 0.5) is 17.5 Å². The van der Waals surface area contributed by atoms with Crippen molar-refractivity contribution in [1.82, 2.24) is 19.9 Å². The van der Waals surface area contributed by atoms with Crippen LogP contribution in [0, 0.1) is 0 Å². The average molecular weight is 473 g/mol. The van der Waals surface area contributed by atoms with E-state index in [1.807, 2.05) is 18.2 Å². The maximum absolute atomic E-state index is 12.7. The summed E-state index contributed by atoms with van der Waals surface area (Å²) in [6.45, 7) is 4.91. The smallest absolute Gasteiger partial charge is 0.229 e. The third-order valence-electron chi connectivity index (χ3n) is 7.03. The molecule has 0 bridgehead atoms. The second-order valence-electron chi connectivity index (χ2n) is 9.39. The largest absolute Gasteiger partial charge is 0.440 e. The molecule has 2 N–H and O–H groups in total. The number of hydrogen-bond donors (Lipinski definition) is 2. The van der Waals surface area contributed by atoms with E-state index in [1.54, 1.807) is 25.3 Å². The number of carbonyl (C=O) groups is 1. The van der Waals surface area contributed by atoms with Gasteiger partial charge in [0, 0.05) is 68.5 Å². The number of fused-ring (bicyclic) bond motifs is 2. The molecule has 0 radical (unpaired) electrons. The van der Waals surface area contributed by atoms with Crippen LogP contribution in [-0.4, -0.2) is 46.5 Å². The highest BCUT2D eigenvalue weighted by atomic mass is 16.4. The van der Waals surface area contributed by atoms with Crippen LogP contribution in [0.15, 0.2) is 45.7 Å². The van der Waals surface area contributed by atoms with Crippen molar-refractivity contribution in [2.75, 3.05) is 36.4 Å². The van der Waals surface area contributed by atoms with Gasteiger partial charge in [0.15, 0.2) is 17.1 Å². The minimum absolute atomic E-state index is 0.0364. The molecule has 4 aromatic rings. The molecular formula is C26H28N6O3. The summed E-state index contributed by atoms with van der Waals surface area (Å²) in [5.41, 5.74) is 2.64. The SMILES string of the molecule is CC(=O)c1cc2cnc(Nc3ccc4c(=O)cc(N5CCNCC5)oc4c3)nc2n1C1CCCC1. The minimum Gasteiger partial charge on any atom is -0.440 e. The molecule has 0 atom stereocenters. The Balaban J connectivity index is 1.36. The molecule has 35 heavy (non-hydrogen) atoms. The lowest BCUT2D eigenvalue weighted by atomic mass is 10.2. The molecule has 3 aromatic heterocycles. The summed E-state index contributed by atoms with van der Waals surface area (Å²) in [4.78, 5) is 36.4. The van der Waals surface area contributed by atoms with Gasteiger partial charge in [0.2, 0.25) is 5.95 Å². The Kier molecular flexibility index (Phi) is 5.49. The molecule has 1 saturated carbocycles. The maximum Gasteiger partial charge on any atom is 0.229 e. The number of nitrogens with one attached hydrogen (secondary N) is 2. The van der Waals surface area contributed by atoms with Gasteiger partial charge >= 0.3 is 0 Å². The highest BCUT2D eigenvalue weighted by molar-refractivity contribution is 5.98. The van der Waals surface area contributed by atoms with Gasteiger partial charge in [0.25, 0.3) is 0 Å². The lowest BCUT2D eigenvalue weighted by Crippen LogP contribution is -2.43. The van der Waals surface area contributed by atoms with Crippen molar-refractivity contribution < 1.29 is 9.21 Å². The van der Waals surface area contributed by atoms with Gasteiger partial charge in [-0.2, -0.15) is 4.98 Å². The molecule has 0 spiro atoms. The van der Waals surface area contributed by atoms with E-state index in [1.165, 1.54) is 0 Å². The standard InChI is InChI=1S/C26H28N6O3/c1-16(33)21-12-17-15-28-26(30-25(17)32(21)19-4-2-3-5-19)29-18-6-7-20-22(34)14-24(35-23(20)13-18)31-10-8-27-9-11-31/h6-7,12-15,19,27H,2-5,8-11H2,1H3,(H,28,29,30). The van der Waals surface area contributed by atoms with Crippen molar-refractivity contribution in [2.24, 2.45) is 0 Å². The molecule has 0 amide bonds. The van der Waals surface area contributed by atoms with Gasteiger partial charge in [0.1, 0.15) is 11.2 Å². The first-order chi connectivity index (χ1) is 17.1. The number of carbonyl (C=O) groups excluding carboxylic acids is 1. The van der Waals surface area contributed by atoms with Gasteiger partial charge in [-0.1, -0.05) is 12.8 Å². The molecular weight excluding hydrogens is 444 g/mol. The molecule has 9 nitrogen and oxygen atoms in total. The molecule has 2 fully saturated rings. The van der Waals surface area contributed by atoms with Crippen LogP contribution in [0.3, 0.4) is 0 Å². The Bertz CT molecular complexity index is 1480. The van der Waals surface area contributed by atoms with Crippen LogP contribution < -0.4 is 21.0 Å². The fraction of sp³-hybridized carbons (Fsp3) is 0.385. The molecule has 1 aliphatic heterocycles. The lowest BCUT2D eigenvalue weighted by Gasteiger charge is -2.27. The highest BCUT2D eigenvalue weighted by Crippen LogP contribution is 2.35. The van der Waals surface area contributed by atoms with E-state index in [-0.39, 0.29) is 17.3 Å². The van der Waals surface area contributed by atoms with Crippen molar-refractivity contribution in [3.8, 4) is 0 Å². The fourth-order valence-corrected chi connectivity index (χ4v) is 5.26. The van der Waals surface area contributed by atoms with E-state index < -0.39 is 0 Å². The van der Waals surface area contributed by atoms with Crippen LogP contribution in [0.1, 0.15) is 49.1 Å². The summed E-state index contributed by atoms with van der Waals surface area (Å²) >= 11 is 0. The van der Waals surface area contributed by atoms with Crippen LogP contribution >= 0.6 is 0 Å². The topological polar surface area (TPSA) is 105 Å². The van der Waals surface area contributed by atoms with Crippen LogP contribution in [0.5, 0.6) is 0 Å². The summed E-state index contributed by atoms with van der Waals surface area (Å²) in [6, 6.07) is 9.15. The van der Waals surface area contributed by atoms with E-state index in [0.29, 0.717) is 28.5 Å². The monoisotopic (exact) mass is 472 g/mol. The number of anilines is 3. The third-order valence-corrected chi connectivity index (χ3v) is 7.03. The Morgan fingerprint density at radius 3 is 2.71 bits per heavy atom. The second-order valence-corrected chi connectivity index (χ2v) is 9.39. The van der Waals surface area contributed by atoms with E-state index in [2.05, 4.69) is 25.1 Å². The van der Waals surface area contributed by atoms with E-state index >= 15 is 0 Å². The van der Waals surface area contributed by atoms with Gasteiger partial charge in [-0.25, -0.2) is 4.98 Å². The molecule has 1 saturated heterocycles. The number of piperazine rings is 1. The summed E-state index contributed by atoms with van der Waals surface area (Å²) in [7, 11) is 0. The molecule has 2 aliphatic rings. The van der Waals surface area contributed by atoms with Gasteiger partial charge in [-0.3, -0.25) is 9.59 Å². The number of benzene rings is 1. The van der Waals surface area contributed by atoms with E-state index in [9.17, 15) is 9.59 Å². The molecule has 1 aliphatic carbocycles.